The maximum absolute atomic E-state index is 8.91. The average molecular weight is 316 g/mol. The molecule has 0 amide bonds. The molecule has 2 heterocycles. The summed E-state index contributed by atoms with van der Waals surface area (Å²) in [5.74, 6) is 0. The molecule has 4 rings (SSSR count). The maximum atomic E-state index is 8.91. The number of hydrogen-bond acceptors (Lipinski definition) is 6. The van der Waals surface area contributed by atoms with Crippen LogP contribution in [0.3, 0.4) is 0 Å². The number of nitrogens with zero attached hydrogens (tertiary/aromatic N) is 3. The Hall–Kier alpha value is -3.19. The van der Waals surface area contributed by atoms with Gasteiger partial charge >= 0.3 is 13.7 Å². The molecule has 0 spiro atoms. The number of fused-ring (bicyclic) bond motifs is 1. The molecule has 2 aromatic heterocycles. The SMILES string of the molecule is O[B]Oc1nc(-c2ccccc2)cc(-c2ccc3ncoc3c2)n1. The first kappa shape index (κ1) is 14.4. The second kappa shape index (κ2) is 6.13. The van der Waals surface area contributed by atoms with Gasteiger partial charge in [0, 0.05) is 11.1 Å². The lowest BCUT2D eigenvalue weighted by atomic mass is 10.1. The molecule has 24 heavy (non-hydrogen) atoms. The lowest BCUT2D eigenvalue weighted by Gasteiger charge is -2.08. The Kier molecular flexibility index (Phi) is 3.68. The summed E-state index contributed by atoms with van der Waals surface area (Å²) in [7, 11) is 0.563. The highest BCUT2D eigenvalue weighted by atomic mass is 16.5. The molecule has 0 aliphatic carbocycles. The second-order valence-electron chi connectivity index (χ2n) is 5.05. The minimum atomic E-state index is 0.0616. The maximum Gasteiger partial charge on any atom is 0.571 e. The molecule has 0 aliphatic rings. The van der Waals surface area contributed by atoms with Crippen molar-refractivity contribution in [1.29, 1.82) is 0 Å². The fraction of sp³-hybridized carbons (Fsp3) is 0. The smallest absolute Gasteiger partial charge is 0.509 e. The Balaban J connectivity index is 1.85. The summed E-state index contributed by atoms with van der Waals surface area (Å²) in [6, 6.07) is 17.2. The predicted molar refractivity (Wildman–Crippen MR) is 89.1 cm³/mol. The summed E-state index contributed by atoms with van der Waals surface area (Å²) in [5.41, 5.74) is 4.54. The van der Waals surface area contributed by atoms with Crippen LogP contribution in [-0.2, 0) is 0 Å². The zero-order valence-corrected chi connectivity index (χ0v) is 12.5. The van der Waals surface area contributed by atoms with Crippen LogP contribution in [0.5, 0.6) is 6.01 Å². The van der Waals surface area contributed by atoms with Crippen LogP contribution in [0.2, 0.25) is 0 Å². The quantitative estimate of drug-likeness (QED) is 0.583. The van der Waals surface area contributed by atoms with Crippen LogP contribution in [0.4, 0.5) is 0 Å². The molecule has 0 saturated carbocycles. The van der Waals surface area contributed by atoms with Crippen molar-refractivity contribution in [2.24, 2.45) is 0 Å². The van der Waals surface area contributed by atoms with Gasteiger partial charge in [0.15, 0.2) is 12.0 Å². The van der Waals surface area contributed by atoms with Crippen molar-refractivity contribution in [2.75, 3.05) is 0 Å². The molecule has 0 atom stereocenters. The van der Waals surface area contributed by atoms with Gasteiger partial charge in [0.25, 0.3) is 0 Å². The Labute approximate surface area is 138 Å². The van der Waals surface area contributed by atoms with Crippen LogP contribution in [0.15, 0.2) is 65.4 Å². The highest BCUT2D eigenvalue weighted by Crippen LogP contribution is 2.27. The molecule has 6 nitrogen and oxygen atoms in total. The minimum Gasteiger partial charge on any atom is -0.509 e. The van der Waals surface area contributed by atoms with E-state index in [0.29, 0.717) is 24.7 Å². The molecule has 2 aromatic carbocycles. The van der Waals surface area contributed by atoms with Crippen LogP contribution >= 0.6 is 0 Å². The van der Waals surface area contributed by atoms with Crippen molar-refractivity contribution < 1.29 is 14.1 Å². The van der Waals surface area contributed by atoms with E-state index in [1.807, 2.05) is 54.6 Å². The van der Waals surface area contributed by atoms with E-state index in [9.17, 15) is 0 Å². The van der Waals surface area contributed by atoms with E-state index < -0.39 is 0 Å². The molecule has 0 aliphatic heterocycles. The summed E-state index contributed by atoms with van der Waals surface area (Å²) < 4.78 is 10.3. The molecule has 0 unspecified atom stereocenters. The Morgan fingerprint density at radius 1 is 0.917 bits per heavy atom. The van der Waals surface area contributed by atoms with Crippen molar-refractivity contribution in [3.05, 3.63) is 61.0 Å². The van der Waals surface area contributed by atoms with Gasteiger partial charge in [-0.05, 0) is 18.2 Å². The molecular formula is C17H11BN3O3. The van der Waals surface area contributed by atoms with Crippen molar-refractivity contribution in [2.45, 2.75) is 0 Å². The number of oxazole rings is 1. The van der Waals surface area contributed by atoms with Crippen molar-refractivity contribution >= 4 is 18.8 Å². The third kappa shape index (κ3) is 2.72. The van der Waals surface area contributed by atoms with Gasteiger partial charge < -0.3 is 14.1 Å². The average Bonchev–Trinajstić information content (AvgIpc) is 3.10. The van der Waals surface area contributed by atoms with E-state index in [-0.39, 0.29) is 6.01 Å². The van der Waals surface area contributed by atoms with Crippen molar-refractivity contribution in [1.82, 2.24) is 15.0 Å². The van der Waals surface area contributed by atoms with E-state index in [1.54, 1.807) is 0 Å². The molecular weight excluding hydrogens is 305 g/mol. The lowest BCUT2D eigenvalue weighted by molar-refractivity contribution is 0.431. The zero-order valence-electron chi connectivity index (χ0n) is 12.5. The standard InChI is InChI=1S/C17H11BN3O3/c22-18-24-17-20-14(11-4-2-1-3-5-11)9-15(21-17)12-6-7-13-16(8-12)23-10-19-13/h1-10,22H. The normalized spacial score (nSPS) is 10.7. The second-order valence-corrected chi connectivity index (χ2v) is 5.05. The predicted octanol–water partition coefficient (Wildman–Crippen LogP) is 2.86. The Morgan fingerprint density at radius 2 is 1.71 bits per heavy atom. The fourth-order valence-electron chi connectivity index (χ4n) is 2.44. The van der Waals surface area contributed by atoms with E-state index in [4.69, 9.17) is 14.1 Å². The molecule has 0 bridgehead atoms. The van der Waals surface area contributed by atoms with Gasteiger partial charge in [0.05, 0.1) is 11.4 Å². The third-order valence-electron chi connectivity index (χ3n) is 3.56. The highest BCUT2D eigenvalue weighted by molar-refractivity contribution is 6.17. The van der Waals surface area contributed by atoms with Crippen LogP contribution in [-0.4, -0.2) is 27.7 Å². The van der Waals surface area contributed by atoms with Crippen LogP contribution in [0, 0.1) is 0 Å². The van der Waals surface area contributed by atoms with Crippen LogP contribution in [0.1, 0.15) is 0 Å². The first-order valence-electron chi connectivity index (χ1n) is 7.24. The van der Waals surface area contributed by atoms with Gasteiger partial charge in [-0.1, -0.05) is 36.4 Å². The van der Waals surface area contributed by atoms with Crippen LogP contribution in [0.25, 0.3) is 33.6 Å². The lowest BCUT2D eigenvalue weighted by Crippen LogP contribution is -2.05. The summed E-state index contributed by atoms with van der Waals surface area (Å²) in [4.78, 5) is 12.7. The Morgan fingerprint density at radius 3 is 2.50 bits per heavy atom. The van der Waals surface area contributed by atoms with Gasteiger partial charge in [-0.25, -0.2) is 4.98 Å². The first-order chi connectivity index (χ1) is 11.8. The molecule has 1 radical (unpaired) electrons. The van der Waals surface area contributed by atoms with E-state index in [2.05, 4.69) is 15.0 Å². The number of hydrogen-bond donors (Lipinski definition) is 1. The molecule has 0 fully saturated rings. The van der Waals surface area contributed by atoms with Crippen LogP contribution < -0.4 is 4.65 Å². The van der Waals surface area contributed by atoms with Gasteiger partial charge in [-0.3, -0.25) is 0 Å². The summed E-state index contributed by atoms with van der Waals surface area (Å²) >= 11 is 0. The monoisotopic (exact) mass is 316 g/mol. The van der Waals surface area contributed by atoms with Gasteiger partial charge in [0.2, 0.25) is 0 Å². The summed E-state index contributed by atoms with van der Waals surface area (Å²) in [5, 5.41) is 8.91. The summed E-state index contributed by atoms with van der Waals surface area (Å²) in [6.45, 7) is 0. The topological polar surface area (TPSA) is 81.3 Å². The fourth-order valence-corrected chi connectivity index (χ4v) is 2.44. The number of rotatable bonds is 4. The molecule has 4 aromatic rings. The molecule has 115 valence electrons. The highest BCUT2D eigenvalue weighted by Gasteiger charge is 2.11. The van der Waals surface area contributed by atoms with Crippen molar-refractivity contribution in [3.8, 4) is 28.5 Å². The molecule has 7 heteroatoms. The minimum absolute atomic E-state index is 0.0616. The van der Waals surface area contributed by atoms with E-state index in [1.165, 1.54) is 6.39 Å². The molecule has 0 saturated heterocycles. The van der Waals surface area contributed by atoms with Gasteiger partial charge in [0.1, 0.15) is 5.52 Å². The van der Waals surface area contributed by atoms with E-state index >= 15 is 0 Å². The third-order valence-corrected chi connectivity index (χ3v) is 3.56. The largest absolute Gasteiger partial charge is 0.571 e. The Bertz CT molecular complexity index is 989. The first-order valence-corrected chi connectivity index (χ1v) is 7.24. The van der Waals surface area contributed by atoms with Gasteiger partial charge in [-0.2, -0.15) is 9.97 Å². The number of benzene rings is 2. The van der Waals surface area contributed by atoms with Crippen molar-refractivity contribution in [3.63, 3.8) is 0 Å². The summed E-state index contributed by atoms with van der Waals surface area (Å²) in [6.07, 6.45) is 1.40. The van der Waals surface area contributed by atoms with Gasteiger partial charge in [-0.15, -0.1) is 0 Å². The molecule has 1 N–H and O–H groups in total. The number of aromatic nitrogens is 3. The van der Waals surface area contributed by atoms with E-state index in [0.717, 1.165) is 16.6 Å². The zero-order chi connectivity index (χ0) is 16.4.